The molecule has 0 amide bonds. The van der Waals surface area contributed by atoms with Crippen molar-refractivity contribution in [3.05, 3.63) is 32.3 Å². The monoisotopic (exact) mass is 417 g/mol. The topological polar surface area (TPSA) is 107 Å². The third-order valence-electron chi connectivity index (χ3n) is 4.06. The van der Waals surface area contributed by atoms with E-state index in [1.54, 1.807) is 0 Å². The molecule has 0 spiro atoms. The van der Waals surface area contributed by atoms with Crippen molar-refractivity contribution in [3.63, 3.8) is 0 Å². The number of hydrogen-bond donors (Lipinski definition) is 1. The highest BCUT2D eigenvalue weighted by Crippen LogP contribution is 2.38. The number of nitrogens with zero attached hydrogens (tertiary/aromatic N) is 2. The Balaban J connectivity index is 0.00000288. The van der Waals surface area contributed by atoms with E-state index in [2.05, 4.69) is 0 Å². The fraction of sp³-hybridized carbons (Fsp3) is 0.538. The van der Waals surface area contributed by atoms with Crippen molar-refractivity contribution >= 4 is 51.3 Å². The summed E-state index contributed by atoms with van der Waals surface area (Å²) in [4.78, 5) is 9.89. The lowest BCUT2D eigenvalue weighted by Gasteiger charge is -2.41. The number of hydrogen-bond acceptors (Lipinski definition) is 5. The van der Waals surface area contributed by atoms with Crippen LogP contribution in [0.25, 0.3) is 0 Å². The van der Waals surface area contributed by atoms with Gasteiger partial charge in [0.2, 0.25) is 0 Å². The smallest absolute Gasteiger partial charge is 0.292 e. The molecule has 24 heavy (non-hydrogen) atoms. The van der Waals surface area contributed by atoms with Gasteiger partial charge in [-0.2, -0.15) is 4.31 Å². The summed E-state index contributed by atoms with van der Waals surface area (Å²) < 4.78 is 27.0. The predicted octanol–water partition coefficient (Wildman–Crippen LogP) is 3.07. The summed E-state index contributed by atoms with van der Waals surface area (Å²) in [6.45, 7) is 4.06. The standard InChI is InChI=1S/C13H17Cl2N3O4S.ClH/c1-13(2)7-17(4-3-11(13)16)23(21,22)12-9(15)5-8(14)6-10(12)18(19)20;/h5-6,11H,3-4,7,16H2,1-2H3;1H. The maximum Gasteiger partial charge on any atom is 0.292 e. The van der Waals surface area contributed by atoms with Gasteiger partial charge in [-0.1, -0.05) is 37.0 Å². The zero-order valence-corrected chi connectivity index (χ0v) is 16.2. The molecule has 0 aliphatic carbocycles. The molecule has 1 unspecified atom stereocenters. The highest BCUT2D eigenvalue weighted by atomic mass is 35.5. The number of benzene rings is 1. The zero-order valence-electron chi connectivity index (χ0n) is 13.0. The Labute approximate surface area is 156 Å². The molecule has 1 atom stereocenters. The molecule has 1 aromatic rings. The minimum absolute atomic E-state index is 0. The van der Waals surface area contributed by atoms with Gasteiger partial charge in [-0.15, -0.1) is 12.4 Å². The molecule has 1 aromatic carbocycles. The van der Waals surface area contributed by atoms with E-state index in [4.69, 9.17) is 28.9 Å². The SMILES string of the molecule is CC1(C)CN(S(=O)(=O)c2c(Cl)cc(Cl)cc2[N+](=O)[O-])CCC1N.Cl. The van der Waals surface area contributed by atoms with E-state index in [0.29, 0.717) is 6.42 Å². The largest absolute Gasteiger partial charge is 0.327 e. The maximum absolute atomic E-state index is 12.9. The Bertz CT molecular complexity index is 755. The second-order valence-electron chi connectivity index (χ2n) is 6.22. The van der Waals surface area contributed by atoms with Gasteiger partial charge in [-0.3, -0.25) is 10.1 Å². The lowest BCUT2D eigenvalue weighted by atomic mass is 9.81. The fourth-order valence-corrected chi connectivity index (χ4v) is 5.18. The Morgan fingerprint density at radius 3 is 2.46 bits per heavy atom. The molecule has 1 aliphatic rings. The van der Waals surface area contributed by atoms with Gasteiger partial charge in [0, 0.05) is 30.2 Å². The lowest BCUT2D eigenvalue weighted by Crippen LogP contribution is -2.53. The summed E-state index contributed by atoms with van der Waals surface area (Å²) in [5, 5.41) is 11.0. The summed E-state index contributed by atoms with van der Waals surface area (Å²) >= 11 is 11.7. The highest BCUT2D eigenvalue weighted by molar-refractivity contribution is 7.89. The summed E-state index contributed by atoms with van der Waals surface area (Å²) in [5.41, 5.74) is 4.94. The molecule has 0 saturated carbocycles. The minimum atomic E-state index is -4.13. The molecule has 2 N–H and O–H groups in total. The van der Waals surface area contributed by atoms with Gasteiger partial charge >= 0.3 is 0 Å². The quantitative estimate of drug-likeness (QED) is 0.599. The van der Waals surface area contributed by atoms with Crippen LogP contribution in [0.2, 0.25) is 10.0 Å². The average molecular weight is 419 g/mol. The Morgan fingerprint density at radius 1 is 1.38 bits per heavy atom. The lowest BCUT2D eigenvalue weighted by molar-refractivity contribution is -0.387. The molecular weight excluding hydrogens is 401 g/mol. The van der Waals surface area contributed by atoms with Crippen molar-refractivity contribution < 1.29 is 13.3 Å². The first-order chi connectivity index (χ1) is 10.5. The van der Waals surface area contributed by atoms with E-state index in [-0.39, 0.29) is 41.6 Å². The third kappa shape index (κ3) is 3.95. The zero-order chi connectivity index (χ0) is 17.6. The van der Waals surface area contributed by atoms with Gasteiger partial charge in [-0.25, -0.2) is 8.42 Å². The van der Waals surface area contributed by atoms with E-state index >= 15 is 0 Å². The second-order valence-corrected chi connectivity index (χ2v) is 8.93. The van der Waals surface area contributed by atoms with Crippen LogP contribution >= 0.6 is 35.6 Å². The van der Waals surface area contributed by atoms with E-state index in [9.17, 15) is 18.5 Å². The van der Waals surface area contributed by atoms with Gasteiger partial charge in [0.1, 0.15) is 0 Å². The number of halogens is 3. The van der Waals surface area contributed by atoms with Crippen molar-refractivity contribution in [1.82, 2.24) is 4.31 Å². The second kappa shape index (κ2) is 7.31. The first-order valence-electron chi connectivity index (χ1n) is 6.86. The Morgan fingerprint density at radius 2 is 1.96 bits per heavy atom. The Kier molecular flexibility index (Phi) is 6.52. The van der Waals surface area contributed by atoms with Crippen LogP contribution in [-0.2, 0) is 10.0 Å². The molecule has 7 nitrogen and oxygen atoms in total. The van der Waals surface area contributed by atoms with Gasteiger partial charge in [0.05, 0.1) is 9.95 Å². The first-order valence-corrected chi connectivity index (χ1v) is 9.05. The molecule has 2 rings (SSSR count). The van der Waals surface area contributed by atoms with Gasteiger partial charge in [-0.05, 0) is 17.9 Å². The van der Waals surface area contributed by atoms with Crippen molar-refractivity contribution in [2.24, 2.45) is 11.1 Å². The van der Waals surface area contributed by atoms with E-state index in [1.807, 2.05) is 13.8 Å². The van der Waals surface area contributed by atoms with Crippen LogP contribution in [0.4, 0.5) is 5.69 Å². The van der Waals surface area contributed by atoms with Crippen molar-refractivity contribution in [2.45, 2.75) is 31.2 Å². The van der Waals surface area contributed by atoms with Crippen molar-refractivity contribution in [3.8, 4) is 0 Å². The molecule has 1 fully saturated rings. The molecule has 11 heteroatoms. The van der Waals surface area contributed by atoms with Crippen LogP contribution in [0, 0.1) is 15.5 Å². The average Bonchev–Trinajstić information content (AvgIpc) is 2.40. The Hall–Kier alpha value is -0.640. The molecule has 1 saturated heterocycles. The van der Waals surface area contributed by atoms with Gasteiger partial charge < -0.3 is 5.73 Å². The highest BCUT2D eigenvalue weighted by Gasteiger charge is 2.42. The molecule has 1 heterocycles. The third-order valence-corrected chi connectivity index (χ3v) is 6.63. The number of sulfonamides is 1. The predicted molar refractivity (Wildman–Crippen MR) is 95.5 cm³/mol. The summed E-state index contributed by atoms with van der Waals surface area (Å²) in [6, 6.07) is 2.02. The molecular formula is C13H18Cl3N3O4S. The van der Waals surface area contributed by atoms with Crippen LogP contribution in [-0.4, -0.2) is 36.8 Å². The number of nitro groups is 1. The summed E-state index contributed by atoms with van der Waals surface area (Å²) in [5.74, 6) is 0. The van der Waals surface area contributed by atoms with Crippen molar-refractivity contribution in [1.29, 1.82) is 0 Å². The first kappa shape index (κ1) is 21.4. The van der Waals surface area contributed by atoms with Gasteiger partial charge in [0.25, 0.3) is 15.7 Å². The summed E-state index contributed by atoms with van der Waals surface area (Å²) in [6.07, 6.45) is 0.464. The van der Waals surface area contributed by atoms with Crippen LogP contribution in [0.1, 0.15) is 20.3 Å². The van der Waals surface area contributed by atoms with E-state index < -0.39 is 30.9 Å². The normalized spacial score (nSPS) is 21.1. The number of rotatable bonds is 3. The number of nitrogens with two attached hydrogens (primary N) is 1. The van der Waals surface area contributed by atoms with Crippen LogP contribution < -0.4 is 5.73 Å². The van der Waals surface area contributed by atoms with Crippen LogP contribution in [0.3, 0.4) is 0 Å². The maximum atomic E-state index is 12.9. The van der Waals surface area contributed by atoms with Gasteiger partial charge in [0.15, 0.2) is 4.90 Å². The number of nitro benzene ring substituents is 1. The van der Waals surface area contributed by atoms with Crippen LogP contribution in [0.5, 0.6) is 0 Å². The minimum Gasteiger partial charge on any atom is -0.327 e. The van der Waals surface area contributed by atoms with Crippen LogP contribution in [0.15, 0.2) is 17.0 Å². The molecule has 1 aliphatic heterocycles. The van der Waals surface area contributed by atoms with Crippen molar-refractivity contribution in [2.75, 3.05) is 13.1 Å². The summed E-state index contributed by atoms with van der Waals surface area (Å²) in [7, 11) is -4.13. The fourth-order valence-electron chi connectivity index (χ4n) is 2.60. The molecule has 0 radical (unpaired) electrons. The molecule has 0 bridgehead atoms. The van der Waals surface area contributed by atoms with E-state index in [0.717, 1.165) is 6.07 Å². The number of piperidine rings is 1. The van der Waals surface area contributed by atoms with E-state index in [1.165, 1.54) is 10.4 Å². The molecule has 136 valence electrons. The molecule has 0 aromatic heterocycles.